The SMILES string of the molecule is Cc1[nH]nc2c1C(c1ccc(Cl)s1)C1=C(C2)CC(C)(C)CC1=O.Cc1[nH]nc2c1C(c1ccccc1F)C1=C(C2)CC(C)(C)CC1=O.Cc1[nH]nc2c1C(c1cccs1)C1=C(C2)CC(C)(C)CC1=O.Cc1[nH]nc2c1C(c1ccsc1)C1=C(C2)CC(C)(C)CC1=O.Cc1[nH]nc2c1[C@@H](c1cccs1)C1=C(C2)CC(C)(C)CC1=O.Cc1[nH]nc2c1[C@H](c1cccs1)C1=C(C2)CC(C)(C)CC1=O. The predicted molar refractivity (Wildman–Crippen MR) is 537 cm³/mol. The van der Waals surface area contributed by atoms with E-state index in [1.807, 2.05) is 26.0 Å². The molecule has 0 saturated carbocycles. The molecular formula is C110H120ClFN12O6S5. The first-order valence-corrected chi connectivity index (χ1v) is 52.2. The van der Waals surface area contributed by atoms with Crippen LogP contribution in [0.1, 0.15) is 328 Å². The molecule has 12 aliphatic rings. The van der Waals surface area contributed by atoms with Crippen molar-refractivity contribution < 1.29 is 33.2 Å². The largest absolute Gasteiger partial charge is 0.294 e. The second-order valence-corrected chi connectivity index (χ2v) is 49.9. The Morgan fingerprint density at radius 1 is 0.304 bits per heavy atom. The van der Waals surface area contributed by atoms with Crippen LogP contribution >= 0.6 is 68.3 Å². The summed E-state index contributed by atoms with van der Waals surface area (Å²) in [6.07, 6.45) is 14.4. The number of nitrogens with zero attached hydrogens (tertiary/aromatic N) is 6. The number of carbonyl (C=O) groups excluding carboxylic acids is 6. The quantitative estimate of drug-likeness (QED) is 0.0907. The van der Waals surface area contributed by atoms with E-state index in [1.165, 1.54) is 81.9 Å². The second-order valence-electron chi connectivity index (χ2n) is 44.4. The highest BCUT2D eigenvalue weighted by Crippen LogP contribution is 2.58. The number of H-pyrrole nitrogens is 6. The van der Waals surface area contributed by atoms with Crippen LogP contribution in [0.5, 0.6) is 0 Å². The maximum Gasteiger partial charge on any atom is 0.160 e. The van der Waals surface area contributed by atoms with Gasteiger partial charge in [-0.1, -0.05) is 165 Å². The molecule has 0 fully saturated rings. The van der Waals surface area contributed by atoms with Crippen LogP contribution in [0.3, 0.4) is 0 Å². The average Bonchev–Trinajstić information content (AvgIpc) is 1.69. The van der Waals surface area contributed by atoms with Crippen LogP contribution in [-0.4, -0.2) is 95.9 Å². The van der Waals surface area contributed by atoms with Gasteiger partial charge in [0.2, 0.25) is 0 Å². The lowest BCUT2D eigenvalue weighted by molar-refractivity contribution is -0.119. The molecule has 6 N–H and O–H groups in total. The van der Waals surface area contributed by atoms with Gasteiger partial charge in [-0.3, -0.25) is 59.4 Å². The van der Waals surface area contributed by atoms with Gasteiger partial charge in [-0.25, -0.2) is 4.39 Å². The Bertz CT molecular complexity index is 6440. The first kappa shape index (κ1) is 93.7. The van der Waals surface area contributed by atoms with Crippen molar-refractivity contribution in [1.82, 2.24) is 61.2 Å². The topological polar surface area (TPSA) is 274 Å². The third kappa shape index (κ3) is 17.9. The number of carbonyl (C=O) groups is 6. The Morgan fingerprint density at radius 2 is 0.563 bits per heavy atom. The number of benzene rings is 1. The number of hydrogen-bond donors (Lipinski definition) is 6. The summed E-state index contributed by atoms with van der Waals surface area (Å²) in [6.45, 7) is 38.4. The molecular weight excluding hydrogens is 1800 g/mol. The molecule has 0 aliphatic heterocycles. The van der Waals surface area contributed by atoms with Crippen LogP contribution in [0, 0.1) is 79.8 Å². The molecule has 1 aromatic carbocycles. The first-order valence-electron chi connectivity index (χ1n) is 47.4. The summed E-state index contributed by atoms with van der Waals surface area (Å²) in [4.78, 5) is 82.5. The van der Waals surface area contributed by atoms with Gasteiger partial charge in [-0.2, -0.15) is 41.9 Å². The number of halogens is 2. The van der Waals surface area contributed by atoms with Crippen molar-refractivity contribution in [2.24, 2.45) is 32.5 Å². The summed E-state index contributed by atoms with van der Waals surface area (Å²) in [5, 5.41) is 56.2. The zero-order valence-electron chi connectivity index (χ0n) is 80.5. The number of hydrogen-bond acceptors (Lipinski definition) is 17. The lowest BCUT2D eigenvalue weighted by Gasteiger charge is -2.38. The summed E-state index contributed by atoms with van der Waals surface area (Å²) in [7, 11) is 0. The number of fused-ring (bicyclic) bond motifs is 6. The Kier molecular flexibility index (Phi) is 24.7. The molecule has 12 aromatic rings. The van der Waals surface area contributed by atoms with E-state index in [0.29, 0.717) is 73.6 Å². The summed E-state index contributed by atoms with van der Waals surface area (Å²) < 4.78 is 15.3. The maximum absolute atomic E-state index is 14.6. The van der Waals surface area contributed by atoms with E-state index in [4.69, 9.17) is 11.6 Å². The summed E-state index contributed by atoms with van der Waals surface area (Å²) in [6, 6.07) is 25.6. The Hall–Kier alpha value is -10.3. The minimum absolute atomic E-state index is 0.00593. The number of aromatic nitrogens is 12. The molecule has 0 saturated heterocycles. The molecule has 700 valence electrons. The van der Waals surface area contributed by atoms with Gasteiger partial charge < -0.3 is 0 Å². The van der Waals surface area contributed by atoms with Crippen LogP contribution < -0.4 is 0 Å². The summed E-state index contributed by atoms with van der Waals surface area (Å²) >= 11 is 14.6. The first-order chi connectivity index (χ1) is 64.1. The van der Waals surface area contributed by atoms with E-state index in [9.17, 15) is 33.2 Å². The van der Waals surface area contributed by atoms with Crippen LogP contribution in [0.25, 0.3) is 0 Å². The standard InChI is InChI=1S/C20H21FN2O.C18H19ClN2OS.4C18H20N2OS/c1-11-17-15(23-22-11)8-12-9-20(2,3)10-16(24)18(12)19(17)13-6-4-5-7-14(13)21;1-9-15-11(21-20-9)6-10-7-18(2,3)8-12(22)16(10)17(15)13-4-5-14(19)23-13;1-10-15-13(20-19-10)6-12-7-18(2,3)8-14(21)16(12)17(15)11-4-5-22-9-11;3*1-10-15-12(20-19-10)7-11-8-18(2,3)9-13(21)16(11)17(15)14-5-4-6-22-14/h4-7,19H,8-10H2,1-3H3,(H,22,23);4-5,17H,6-8H2,1-3H3,(H,20,21);4-5,9,17H,6-8H2,1-3H3,(H,19,20);3*4-6,17H,7-9H2,1-3H3,(H,19,20)/t;;;2*17-;/m...10./s1. The van der Waals surface area contributed by atoms with E-state index in [0.717, 1.165) is 193 Å². The highest BCUT2D eigenvalue weighted by Gasteiger charge is 2.50. The zero-order chi connectivity index (χ0) is 95.3. The van der Waals surface area contributed by atoms with E-state index in [-0.39, 0.29) is 85.4 Å². The van der Waals surface area contributed by atoms with Gasteiger partial charge in [0.15, 0.2) is 34.7 Å². The fraction of sp³-hybridized carbons (Fsp3) is 0.436. The Balaban J connectivity index is 0.000000104. The number of aryl methyl sites for hydroxylation is 6. The molecule has 6 atom stereocenters. The van der Waals surface area contributed by atoms with Crippen LogP contribution in [-0.2, 0) is 67.3 Å². The van der Waals surface area contributed by atoms with Crippen LogP contribution in [0.2, 0.25) is 4.34 Å². The number of allylic oxidation sites excluding steroid dienone is 12. The maximum atomic E-state index is 14.6. The average molecular weight is 1920 g/mol. The minimum atomic E-state index is -0.340. The lowest BCUT2D eigenvalue weighted by atomic mass is 9.65. The number of Topliss-reactive ketones (excluding diaryl/α,β-unsaturated/α-hetero) is 6. The third-order valence-corrected chi connectivity index (χ3v) is 34.5. The number of nitrogens with one attached hydrogen (secondary N) is 6. The van der Waals surface area contributed by atoms with Crippen molar-refractivity contribution in [3.63, 3.8) is 0 Å². The van der Waals surface area contributed by atoms with Gasteiger partial charge in [-0.05, 0) is 193 Å². The fourth-order valence-electron chi connectivity index (χ4n) is 24.8. The van der Waals surface area contributed by atoms with E-state index < -0.39 is 0 Å². The highest BCUT2D eigenvalue weighted by atomic mass is 35.5. The number of aromatic amines is 6. The van der Waals surface area contributed by atoms with Crippen molar-refractivity contribution in [2.45, 2.75) is 276 Å². The monoisotopic (exact) mass is 1920 g/mol. The van der Waals surface area contributed by atoms with Gasteiger partial charge in [0.1, 0.15) is 5.82 Å². The van der Waals surface area contributed by atoms with Crippen molar-refractivity contribution >= 4 is 103 Å². The van der Waals surface area contributed by atoms with Gasteiger partial charge in [0.25, 0.3) is 0 Å². The highest BCUT2D eigenvalue weighted by molar-refractivity contribution is 7.16. The van der Waals surface area contributed by atoms with Gasteiger partial charge in [-0.15, -0.1) is 45.3 Å². The van der Waals surface area contributed by atoms with Gasteiger partial charge >= 0.3 is 0 Å². The zero-order valence-corrected chi connectivity index (χ0v) is 85.4. The van der Waals surface area contributed by atoms with E-state index >= 15 is 0 Å². The molecule has 0 spiro atoms. The summed E-state index contributed by atoms with van der Waals surface area (Å²) in [5.41, 5.74) is 35.7. The van der Waals surface area contributed by atoms with Crippen LogP contribution in [0.15, 0.2) is 173 Å². The van der Waals surface area contributed by atoms with Crippen molar-refractivity contribution in [3.8, 4) is 0 Å². The Morgan fingerprint density at radius 3 is 0.815 bits per heavy atom. The molecule has 0 bridgehead atoms. The Labute approximate surface area is 814 Å². The van der Waals surface area contributed by atoms with Gasteiger partial charge in [0, 0.05) is 209 Å². The number of rotatable bonds is 6. The predicted octanol–water partition coefficient (Wildman–Crippen LogP) is 25.7. The molecule has 11 aromatic heterocycles. The number of ketones is 6. The molecule has 4 unspecified atom stereocenters. The smallest absolute Gasteiger partial charge is 0.160 e. The molecule has 0 amide bonds. The summed E-state index contributed by atoms with van der Waals surface area (Å²) in [5.74, 6) is 1.48. The lowest BCUT2D eigenvalue weighted by Crippen LogP contribution is -2.32. The second kappa shape index (κ2) is 35.6. The third-order valence-electron chi connectivity index (χ3n) is 29.7. The van der Waals surface area contributed by atoms with Crippen molar-refractivity contribution in [2.75, 3.05) is 0 Å². The molecule has 12 aliphatic carbocycles. The van der Waals surface area contributed by atoms with Crippen molar-refractivity contribution in [1.29, 1.82) is 0 Å². The molecule has 135 heavy (non-hydrogen) atoms. The molecule has 24 rings (SSSR count). The van der Waals surface area contributed by atoms with Crippen LogP contribution in [0.4, 0.5) is 4.39 Å². The number of thiophene rings is 5. The molecule has 11 heterocycles. The van der Waals surface area contributed by atoms with Gasteiger partial charge in [0.05, 0.1) is 62.2 Å². The molecule has 0 radical (unpaired) electrons. The van der Waals surface area contributed by atoms with E-state index in [2.05, 4.69) is 247 Å². The van der Waals surface area contributed by atoms with Crippen molar-refractivity contribution in [3.05, 3.63) is 315 Å². The fourth-order valence-corrected chi connectivity index (χ4v) is 29.2. The molecule has 25 heteroatoms. The minimum Gasteiger partial charge on any atom is -0.294 e. The normalized spacial score (nSPS) is 23.1. The van der Waals surface area contributed by atoms with E-state index in [1.54, 1.807) is 68.8 Å². The molecule has 18 nitrogen and oxygen atoms in total.